The first kappa shape index (κ1) is 18.4. The van der Waals surface area contributed by atoms with E-state index in [1.807, 2.05) is 61.0 Å². The Morgan fingerprint density at radius 1 is 0.933 bits per heavy atom. The normalized spacial score (nSPS) is 12.2. The smallest absolute Gasteiger partial charge is 0.265 e. The Morgan fingerprint density at radius 2 is 1.70 bits per heavy atom. The summed E-state index contributed by atoms with van der Waals surface area (Å²) < 4.78 is 2.12. The van der Waals surface area contributed by atoms with Crippen molar-refractivity contribution in [3.63, 3.8) is 0 Å². The molecule has 0 aliphatic carbocycles. The fourth-order valence-corrected chi connectivity index (χ4v) is 4.57. The molecular weight excluding hydrogens is 394 g/mol. The topological polar surface area (TPSA) is 54.3 Å². The van der Waals surface area contributed by atoms with Crippen molar-refractivity contribution in [2.24, 2.45) is 0 Å². The van der Waals surface area contributed by atoms with Crippen LogP contribution in [0.25, 0.3) is 5.69 Å². The lowest BCUT2D eigenvalue weighted by molar-refractivity contribution is 0.0982. The lowest BCUT2D eigenvalue weighted by Gasteiger charge is -2.31. The van der Waals surface area contributed by atoms with Crippen molar-refractivity contribution >= 4 is 34.5 Å². The number of thiophene rings is 1. The quantitative estimate of drug-likeness (QED) is 0.498. The van der Waals surface area contributed by atoms with Gasteiger partial charge in [-0.2, -0.15) is 0 Å². The zero-order valence-corrected chi connectivity index (χ0v) is 17.1. The molecule has 0 atom stereocenters. The molecule has 30 heavy (non-hydrogen) atoms. The number of hydrogen-bond donors (Lipinski definition) is 1. The van der Waals surface area contributed by atoms with Crippen molar-refractivity contribution in [3.05, 3.63) is 100 Å². The predicted octanol–water partition coefficient (Wildman–Crippen LogP) is 5.26. The van der Waals surface area contributed by atoms with Crippen molar-refractivity contribution in [1.82, 2.24) is 4.57 Å². The molecular formula is C24H19N3O2S. The summed E-state index contributed by atoms with van der Waals surface area (Å²) in [5.41, 5.74) is 5.14. The van der Waals surface area contributed by atoms with Gasteiger partial charge in [-0.05, 0) is 72.5 Å². The van der Waals surface area contributed by atoms with Gasteiger partial charge in [0.1, 0.15) is 0 Å². The van der Waals surface area contributed by atoms with Gasteiger partial charge in [-0.1, -0.05) is 12.1 Å². The Morgan fingerprint density at radius 3 is 2.43 bits per heavy atom. The fraction of sp³-hybridized carbons (Fsp3) is 0.0833. The average molecular weight is 414 g/mol. The van der Waals surface area contributed by atoms with Crippen LogP contribution in [0, 0.1) is 6.92 Å². The summed E-state index contributed by atoms with van der Waals surface area (Å²) in [6.45, 7) is 2.43. The summed E-state index contributed by atoms with van der Waals surface area (Å²) in [6.07, 6.45) is 2.02. The van der Waals surface area contributed by atoms with E-state index in [1.54, 1.807) is 29.2 Å². The van der Waals surface area contributed by atoms with Crippen LogP contribution in [-0.2, 0) is 6.54 Å². The summed E-state index contributed by atoms with van der Waals surface area (Å²) in [4.78, 5) is 28.2. The standard InChI is InChI=1S/C24H19N3O2S/c1-16-12-14-30-22(16)23(28)25-18-10-8-17(9-11-18)24(29)27-15-19-5-4-13-26(19)20-6-2-3-7-21(20)27/h2-14H,15H2,1H3,(H,25,28). The number of nitrogens with one attached hydrogen (secondary N) is 1. The highest BCUT2D eigenvalue weighted by atomic mass is 32.1. The van der Waals surface area contributed by atoms with Gasteiger partial charge in [0.2, 0.25) is 0 Å². The van der Waals surface area contributed by atoms with E-state index in [-0.39, 0.29) is 11.8 Å². The number of rotatable bonds is 3. The van der Waals surface area contributed by atoms with Crippen molar-refractivity contribution in [3.8, 4) is 5.69 Å². The van der Waals surface area contributed by atoms with Gasteiger partial charge >= 0.3 is 0 Å². The van der Waals surface area contributed by atoms with Gasteiger partial charge in [-0.3, -0.25) is 9.59 Å². The van der Waals surface area contributed by atoms with Crippen LogP contribution in [0.2, 0.25) is 0 Å². The molecule has 1 aliphatic rings. The van der Waals surface area contributed by atoms with E-state index in [1.165, 1.54) is 11.3 Å². The first-order valence-electron chi connectivity index (χ1n) is 9.65. The van der Waals surface area contributed by atoms with Crippen LogP contribution in [0.4, 0.5) is 11.4 Å². The van der Waals surface area contributed by atoms with Gasteiger partial charge in [0.15, 0.2) is 0 Å². The van der Waals surface area contributed by atoms with E-state index in [4.69, 9.17) is 0 Å². The maximum absolute atomic E-state index is 13.3. The van der Waals surface area contributed by atoms with Crippen LogP contribution in [-0.4, -0.2) is 16.4 Å². The number of carbonyl (C=O) groups is 2. The van der Waals surface area contributed by atoms with Crippen molar-refractivity contribution in [2.75, 3.05) is 10.2 Å². The highest BCUT2D eigenvalue weighted by Crippen LogP contribution is 2.33. The maximum Gasteiger partial charge on any atom is 0.265 e. The third-order valence-corrected chi connectivity index (χ3v) is 6.30. The van der Waals surface area contributed by atoms with Crippen molar-refractivity contribution in [2.45, 2.75) is 13.5 Å². The Kier molecular flexibility index (Phi) is 4.48. The number of aryl methyl sites for hydroxylation is 1. The SMILES string of the molecule is Cc1ccsc1C(=O)Nc1ccc(C(=O)N2Cc3cccn3-c3ccccc32)cc1. The number of aromatic nitrogens is 1. The largest absolute Gasteiger partial charge is 0.321 e. The van der Waals surface area contributed by atoms with Crippen LogP contribution >= 0.6 is 11.3 Å². The van der Waals surface area contributed by atoms with E-state index < -0.39 is 0 Å². The van der Waals surface area contributed by atoms with Gasteiger partial charge < -0.3 is 14.8 Å². The molecule has 5 rings (SSSR count). The molecule has 5 nitrogen and oxygen atoms in total. The molecule has 2 amide bonds. The lowest BCUT2D eigenvalue weighted by atomic mass is 10.1. The van der Waals surface area contributed by atoms with E-state index in [2.05, 4.69) is 9.88 Å². The second-order valence-corrected chi connectivity index (χ2v) is 8.13. The molecule has 0 unspecified atom stereocenters. The van der Waals surface area contributed by atoms with Crippen molar-refractivity contribution < 1.29 is 9.59 Å². The second kappa shape index (κ2) is 7.31. The number of amides is 2. The van der Waals surface area contributed by atoms with Gasteiger partial charge in [-0.25, -0.2) is 0 Å². The minimum Gasteiger partial charge on any atom is -0.321 e. The predicted molar refractivity (Wildman–Crippen MR) is 120 cm³/mol. The number of para-hydroxylation sites is 2. The lowest BCUT2D eigenvalue weighted by Crippen LogP contribution is -2.34. The van der Waals surface area contributed by atoms with Gasteiger partial charge in [-0.15, -0.1) is 11.3 Å². The summed E-state index contributed by atoms with van der Waals surface area (Å²) >= 11 is 1.42. The minimum absolute atomic E-state index is 0.0677. The molecule has 1 N–H and O–H groups in total. The molecule has 0 spiro atoms. The number of anilines is 2. The first-order valence-corrected chi connectivity index (χ1v) is 10.5. The summed E-state index contributed by atoms with van der Waals surface area (Å²) in [7, 11) is 0. The molecule has 148 valence electrons. The minimum atomic E-state index is -0.132. The molecule has 0 fully saturated rings. The maximum atomic E-state index is 13.3. The fourth-order valence-electron chi connectivity index (χ4n) is 3.75. The molecule has 2 aromatic heterocycles. The van der Waals surface area contributed by atoms with Crippen LogP contribution in [0.5, 0.6) is 0 Å². The Labute approximate surface area is 178 Å². The molecule has 2 aromatic carbocycles. The Balaban J connectivity index is 1.38. The van der Waals surface area contributed by atoms with Crippen LogP contribution in [0.15, 0.2) is 78.3 Å². The monoisotopic (exact) mass is 413 g/mol. The second-order valence-electron chi connectivity index (χ2n) is 7.21. The Bertz CT molecular complexity index is 1250. The molecule has 6 heteroatoms. The zero-order chi connectivity index (χ0) is 20.7. The average Bonchev–Trinajstić information content (AvgIpc) is 3.42. The number of hydrogen-bond acceptors (Lipinski definition) is 3. The first-order chi connectivity index (χ1) is 14.6. The third-order valence-electron chi connectivity index (χ3n) is 5.29. The zero-order valence-electron chi connectivity index (χ0n) is 16.3. The molecule has 1 aliphatic heterocycles. The van der Waals surface area contributed by atoms with Crippen LogP contribution in [0.1, 0.15) is 31.3 Å². The molecule has 0 radical (unpaired) electrons. The van der Waals surface area contributed by atoms with E-state index in [0.29, 0.717) is 22.7 Å². The third kappa shape index (κ3) is 3.11. The van der Waals surface area contributed by atoms with Gasteiger partial charge in [0.25, 0.3) is 11.8 Å². The summed E-state index contributed by atoms with van der Waals surface area (Å²) in [5, 5.41) is 4.80. The van der Waals surface area contributed by atoms with E-state index in [9.17, 15) is 9.59 Å². The highest BCUT2D eigenvalue weighted by molar-refractivity contribution is 7.12. The Hall–Kier alpha value is -3.64. The van der Waals surface area contributed by atoms with Crippen LogP contribution < -0.4 is 10.2 Å². The van der Waals surface area contributed by atoms with E-state index >= 15 is 0 Å². The number of carbonyl (C=O) groups excluding carboxylic acids is 2. The van der Waals surface area contributed by atoms with E-state index in [0.717, 1.165) is 22.6 Å². The van der Waals surface area contributed by atoms with Gasteiger partial charge in [0.05, 0.1) is 22.8 Å². The van der Waals surface area contributed by atoms with Crippen molar-refractivity contribution in [1.29, 1.82) is 0 Å². The number of fused-ring (bicyclic) bond motifs is 3. The number of nitrogens with zero attached hydrogens (tertiary/aromatic N) is 2. The molecule has 3 heterocycles. The van der Waals surface area contributed by atoms with Crippen LogP contribution in [0.3, 0.4) is 0 Å². The molecule has 4 aromatic rings. The molecule has 0 saturated heterocycles. The summed E-state index contributed by atoms with van der Waals surface area (Å²) in [5.74, 6) is -0.200. The molecule has 0 saturated carbocycles. The number of benzene rings is 2. The molecule has 0 bridgehead atoms. The summed E-state index contributed by atoms with van der Waals surface area (Å²) in [6, 6.07) is 20.9. The highest BCUT2D eigenvalue weighted by Gasteiger charge is 2.26. The van der Waals surface area contributed by atoms with Gasteiger partial charge in [0, 0.05) is 23.1 Å².